The molecule has 0 radical (unpaired) electrons. The first-order valence-corrected chi connectivity index (χ1v) is 8.84. The van der Waals surface area contributed by atoms with E-state index in [2.05, 4.69) is 25.5 Å². The maximum absolute atomic E-state index is 12.4. The highest BCUT2D eigenvalue weighted by molar-refractivity contribution is 5.79. The maximum Gasteiger partial charge on any atom is 0.231 e. The largest absolute Gasteiger partial charge is 0.454 e. The Labute approximate surface area is 154 Å². The molecule has 1 atom stereocenters. The van der Waals surface area contributed by atoms with Gasteiger partial charge in [-0.15, -0.1) is 15.3 Å². The number of hydrogen-bond acceptors (Lipinski definition) is 7. The van der Waals surface area contributed by atoms with Crippen molar-refractivity contribution < 1.29 is 14.3 Å². The van der Waals surface area contributed by atoms with E-state index in [-0.39, 0.29) is 18.7 Å². The Bertz CT molecular complexity index is 1000. The van der Waals surface area contributed by atoms with Gasteiger partial charge in [0.1, 0.15) is 12.1 Å². The minimum Gasteiger partial charge on any atom is -0.454 e. The fraction of sp³-hybridized carbons (Fsp3) is 0.333. The number of rotatable bonds is 4. The van der Waals surface area contributed by atoms with E-state index >= 15 is 0 Å². The van der Waals surface area contributed by atoms with Crippen molar-refractivity contribution in [3.05, 3.63) is 42.2 Å². The van der Waals surface area contributed by atoms with Gasteiger partial charge < -0.3 is 19.7 Å². The molecule has 0 spiro atoms. The van der Waals surface area contributed by atoms with E-state index in [0.717, 1.165) is 36.6 Å². The molecule has 4 heterocycles. The highest BCUT2D eigenvalue weighted by Crippen LogP contribution is 2.32. The second kappa shape index (κ2) is 6.42. The van der Waals surface area contributed by atoms with Crippen LogP contribution in [-0.4, -0.2) is 51.6 Å². The minimum atomic E-state index is 0.00272. The molecule has 138 valence electrons. The molecule has 1 N–H and O–H groups in total. The van der Waals surface area contributed by atoms with Crippen LogP contribution in [0.3, 0.4) is 0 Å². The average Bonchev–Trinajstić information content (AvgIpc) is 3.40. The quantitative estimate of drug-likeness (QED) is 0.730. The van der Waals surface area contributed by atoms with E-state index in [4.69, 9.17) is 9.47 Å². The predicted octanol–water partition coefficient (Wildman–Crippen LogP) is 0.791. The van der Waals surface area contributed by atoms with Crippen LogP contribution >= 0.6 is 0 Å². The number of hydrogen-bond donors (Lipinski definition) is 1. The van der Waals surface area contributed by atoms with E-state index in [9.17, 15) is 4.79 Å². The van der Waals surface area contributed by atoms with Crippen LogP contribution in [0.5, 0.6) is 11.5 Å². The van der Waals surface area contributed by atoms with Gasteiger partial charge in [-0.05, 0) is 36.2 Å². The second-order valence-electron chi connectivity index (χ2n) is 6.69. The van der Waals surface area contributed by atoms with Gasteiger partial charge in [0.15, 0.2) is 17.1 Å². The zero-order valence-corrected chi connectivity index (χ0v) is 14.5. The van der Waals surface area contributed by atoms with Gasteiger partial charge in [0, 0.05) is 19.1 Å². The highest BCUT2D eigenvalue weighted by atomic mass is 16.7. The van der Waals surface area contributed by atoms with Crippen LogP contribution < -0.4 is 19.7 Å². The highest BCUT2D eigenvalue weighted by Gasteiger charge is 2.25. The summed E-state index contributed by atoms with van der Waals surface area (Å²) in [5.41, 5.74) is 1.62. The number of nitrogens with zero attached hydrogens (tertiary/aromatic N) is 5. The van der Waals surface area contributed by atoms with E-state index < -0.39 is 0 Å². The van der Waals surface area contributed by atoms with E-state index in [0.29, 0.717) is 17.8 Å². The molecular weight excluding hydrogens is 348 g/mol. The number of carbonyl (C=O) groups is 1. The van der Waals surface area contributed by atoms with Crippen molar-refractivity contribution in [2.75, 3.05) is 24.8 Å². The molecule has 2 aromatic heterocycles. The van der Waals surface area contributed by atoms with Crippen molar-refractivity contribution in [1.82, 2.24) is 25.1 Å². The Morgan fingerprint density at radius 3 is 3.11 bits per heavy atom. The van der Waals surface area contributed by atoms with Crippen molar-refractivity contribution in [2.24, 2.45) is 0 Å². The topological polar surface area (TPSA) is 93.9 Å². The lowest BCUT2D eigenvalue weighted by Gasteiger charge is -2.17. The number of aromatic nitrogens is 4. The fourth-order valence-electron chi connectivity index (χ4n) is 3.49. The van der Waals surface area contributed by atoms with Crippen LogP contribution in [-0.2, 0) is 11.2 Å². The standard InChI is InChI=1S/C18H18N6O3/c25-18(8-12-1-2-14-15(7-12)27-11-26-14)20-13-5-6-23(9-13)17-4-3-16-21-19-10-24(16)22-17/h1-4,7,10,13H,5-6,8-9,11H2,(H,20,25)/t13-/m1/s1. The Hall–Kier alpha value is -3.36. The van der Waals surface area contributed by atoms with Crippen LogP contribution in [0.1, 0.15) is 12.0 Å². The Kier molecular flexibility index (Phi) is 3.77. The van der Waals surface area contributed by atoms with Crippen LogP contribution in [0.2, 0.25) is 0 Å². The molecule has 1 fully saturated rings. The molecule has 2 aliphatic rings. The monoisotopic (exact) mass is 366 g/mol. The number of ether oxygens (including phenoxy) is 2. The van der Waals surface area contributed by atoms with Gasteiger partial charge in [0.2, 0.25) is 12.7 Å². The predicted molar refractivity (Wildman–Crippen MR) is 95.8 cm³/mol. The number of amides is 1. The van der Waals surface area contributed by atoms with Crippen LogP contribution in [0.4, 0.5) is 5.82 Å². The lowest BCUT2D eigenvalue weighted by atomic mass is 10.1. The van der Waals surface area contributed by atoms with Crippen LogP contribution in [0.25, 0.3) is 5.65 Å². The molecule has 2 aliphatic heterocycles. The van der Waals surface area contributed by atoms with Gasteiger partial charge in [0.05, 0.1) is 6.42 Å². The molecule has 27 heavy (non-hydrogen) atoms. The third-order valence-electron chi connectivity index (χ3n) is 4.83. The zero-order valence-electron chi connectivity index (χ0n) is 14.5. The molecule has 3 aromatic rings. The molecular formula is C18H18N6O3. The van der Waals surface area contributed by atoms with E-state index in [1.165, 1.54) is 0 Å². The number of fused-ring (bicyclic) bond motifs is 2. The van der Waals surface area contributed by atoms with Gasteiger partial charge in [-0.3, -0.25) is 4.79 Å². The molecule has 0 saturated carbocycles. The van der Waals surface area contributed by atoms with Crippen molar-refractivity contribution >= 4 is 17.4 Å². The summed E-state index contributed by atoms with van der Waals surface area (Å²) in [5, 5.41) is 15.4. The van der Waals surface area contributed by atoms with Crippen molar-refractivity contribution in [1.29, 1.82) is 0 Å². The van der Waals surface area contributed by atoms with Gasteiger partial charge in [-0.2, -0.15) is 4.52 Å². The van der Waals surface area contributed by atoms with Crippen molar-refractivity contribution in [3.8, 4) is 11.5 Å². The van der Waals surface area contributed by atoms with E-state index in [1.807, 2.05) is 30.3 Å². The maximum atomic E-state index is 12.4. The second-order valence-corrected chi connectivity index (χ2v) is 6.69. The number of nitrogens with one attached hydrogen (secondary N) is 1. The Morgan fingerprint density at radius 1 is 1.22 bits per heavy atom. The summed E-state index contributed by atoms with van der Waals surface area (Å²) in [6.45, 7) is 1.81. The van der Waals surface area contributed by atoms with Crippen LogP contribution in [0.15, 0.2) is 36.7 Å². The van der Waals surface area contributed by atoms with Gasteiger partial charge in [0.25, 0.3) is 0 Å². The molecule has 9 nitrogen and oxygen atoms in total. The summed E-state index contributed by atoms with van der Waals surface area (Å²) in [5.74, 6) is 2.28. The molecule has 5 rings (SSSR count). The summed E-state index contributed by atoms with van der Waals surface area (Å²) in [4.78, 5) is 14.6. The van der Waals surface area contributed by atoms with Gasteiger partial charge >= 0.3 is 0 Å². The third kappa shape index (κ3) is 3.12. The van der Waals surface area contributed by atoms with E-state index in [1.54, 1.807) is 10.8 Å². The molecule has 0 bridgehead atoms. The smallest absolute Gasteiger partial charge is 0.231 e. The summed E-state index contributed by atoms with van der Waals surface area (Å²) in [6, 6.07) is 9.52. The Balaban J connectivity index is 1.20. The summed E-state index contributed by atoms with van der Waals surface area (Å²) in [7, 11) is 0. The molecule has 0 aliphatic carbocycles. The molecule has 9 heteroatoms. The Morgan fingerprint density at radius 2 is 2.15 bits per heavy atom. The zero-order chi connectivity index (χ0) is 18.2. The molecule has 1 saturated heterocycles. The fourth-order valence-corrected chi connectivity index (χ4v) is 3.49. The first-order valence-electron chi connectivity index (χ1n) is 8.84. The SMILES string of the molecule is O=C(Cc1ccc2c(c1)OCO2)N[C@@H]1CCN(c2ccc3nncn3n2)C1. The molecule has 1 aromatic carbocycles. The first kappa shape index (κ1) is 15.9. The molecule has 0 unspecified atom stereocenters. The van der Waals surface area contributed by atoms with Crippen molar-refractivity contribution in [3.63, 3.8) is 0 Å². The summed E-state index contributed by atoms with van der Waals surface area (Å²) < 4.78 is 12.3. The van der Waals surface area contributed by atoms with Crippen molar-refractivity contribution in [2.45, 2.75) is 18.9 Å². The summed E-state index contributed by atoms with van der Waals surface area (Å²) in [6.07, 6.45) is 2.78. The molecule has 1 amide bonds. The van der Waals surface area contributed by atoms with Gasteiger partial charge in [-0.1, -0.05) is 6.07 Å². The van der Waals surface area contributed by atoms with Gasteiger partial charge in [-0.25, -0.2) is 0 Å². The first-order chi connectivity index (χ1) is 13.2. The average molecular weight is 366 g/mol. The lowest BCUT2D eigenvalue weighted by molar-refractivity contribution is -0.121. The van der Waals surface area contributed by atoms with Crippen LogP contribution in [0, 0.1) is 0 Å². The number of carbonyl (C=O) groups excluding carboxylic acids is 1. The normalized spacial score (nSPS) is 18.2. The summed E-state index contributed by atoms with van der Waals surface area (Å²) >= 11 is 0. The number of anilines is 1. The minimum absolute atomic E-state index is 0.00272. The third-order valence-corrected chi connectivity index (χ3v) is 4.83. The lowest BCUT2D eigenvalue weighted by Crippen LogP contribution is -2.38. The number of benzene rings is 1.